The van der Waals surface area contributed by atoms with Gasteiger partial charge in [-0.05, 0) is 50.0 Å². The normalized spacial score (nSPS) is 27.6. The summed E-state index contributed by atoms with van der Waals surface area (Å²) in [6.45, 7) is 7.32. The Morgan fingerprint density at radius 2 is 2.14 bits per heavy atom. The first-order valence-electron chi connectivity index (χ1n) is 8.54. The minimum Gasteiger partial charge on any atom is -0.394 e. The fourth-order valence-corrected chi connectivity index (χ4v) is 3.66. The van der Waals surface area contributed by atoms with E-state index < -0.39 is 0 Å². The predicted molar refractivity (Wildman–Crippen MR) is 86.8 cm³/mol. The lowest BCUT2D eigenvalue weighted by Crippen LogP contribution is -2.53. The lowest BCUT2D eigenvalue weighted by atomic mass is 9.76. The van der Waals surface area contributed by atoms with Crippen LogP contribution < -0.4 is 11.1 Å². The van der Waals surface area contributed by atoms with Gasteiger partial charge < -0.3 is 16.2 Å². The number of rotatable bonds is 8. The zero-order valence-corrected chi connectivity index (χ0v) is 14.0. The summed E-state index contributed by atoms with van der Waals surface area (Å²) in [4.78, 5) is 12.3. The number of carbonyl (C=O) groups is 1. The van der Waals surface area contributed by atoms with Crippen LogP contribution in [0.2, 0.25) is 0 Å². The molecule has 3 atom stereocenters. The van der Waals surface area contributed by atoms with Crippen LogP contribution in [-0.4, -0.2) is 29.7 Å². The van der Waals surface area contributed by atoms with E-state index in [2.05, 4.69) is 26.1 Å². The molecule has 0 radical (unpaired) electrons. The molecule has 1 aliphatic rings. The maximum absolute atomic E-state index is 12.3. The Bertz CT molecular complexity index is 320. The molecule has 0 bridgehead atoms. The molecule has 0 aromatic heterocycles. The van der Waals surface area contributed by atoms with Gasteiger partial charge in [-0.2, -0.15) is 0 Å². The molecule has 21 heavy (non-hydrogen) atoms. The Morgan fingerprint density at radius 1 is 1.43 bits per heavy atom. The number of aliphatic hydroxyl groups excluding tert-OH is 1. The number of hydrogen-bond donors (Lipinski definition) is 3. The molecule has 1 saturated carbocycles. The van der Waals surface area contributed by atoms with Gasteiger partial charge in [-0.25, -0.2) is 0 Å². The van der Waals surface area contributed by atoms with E-state index in [4.69, 9.17) is 5.73 Å². The second kappa shape index (κ2) is 8.74. The van der Waals surface area contributed by atoms with E-state index in [9.17, 15) is 9.90 Å². The first kappa shape index (κ1) is 18.4. The third-order valence-corrected chi connectivity index (χ3v) is 5.02. The monoisotopic (exact) mass is 298 g/mol. The molecule has 1 fully saturated rings. The van der Waals surface area contributed by atoms with Crippen molar-refractivity contribution in [2.45, 2.75) is 71.3 Å². The van der Waals surface area contributed by atoms with Crippen molar-refractivity contribution in [1.29, 1.82) is 0 Å². The second-order valence-corrected chi connectivity index (χ2v) is 7.31. The van der Waals surface area contributed by atoms with Crippen LogP contribution in [-0.2, 0) is 4.79 Å². The Balaban J connectivity index is 2.47. The molecule has 124 valence electrons. The average Bonchev–Trinajstić information content (AvgIpc) is 2.43. The summed E-state index contributed by atoms with van der Waals surface area (Å²) >= 11 is 0. The number of nitrogens with two attached hydrogens (primary N) is 1. The highest BCUT2D eigenvalue weighted by Crippen LogP contribution is 2.32. The third-order valence-electron chi connectivity index (χ3n) is 5.02. The molecule has 0 aromatic carbocycles. The first-order chi connectivity index (χ1) is 9.92. The van der Waals surface area contributed by atoms with E-state index in [-0.39, 0.29) is 18.1 Å². The van der Waals surface area contributed by atoms with Crippen LogP contribution in [0.1, 0.15) is 65.7 Å². The molecule has 0 aromatic rings. The van der Waals surface area contributed by atoms with E-state index in [1.807, 2.05) is 0 Å². The molecular weight excluding hydrogens is 264 g/mol. The molecule has 1 rings (SSSR count). The molecular formula is C17H34N2O2. The van der Waals surface area contributed by atoms with Crippen molar-refractivity contribution < 1.29 is 9.90 Å². The Labute approximate surface area is 129 Å². The second-order valence-electron chi connectivity index (χ2n) is 7.31. The summed E-state index contributed by atoms with van der Waals surface area (Å²) in [5.41, 5.74) is 5.27. The minimum atomic E-state index is -0.379. The Hall–Kier alpha value is -0.610. The maximum atomic E-state index is 12.3. The number of aliphatic hydroxyl groups is 1. The van der Waals surface area contributed by atoms with Crippen LogP contribution in [0.5, 0.6) is 0 Å². The number of carbonyl (C=O) groups excluding carboxylic acids is 1. The molecule has 1 amide bonds. The molecule has 0 aliphatic heterocycles. The Morgan fingerprint density at radius 3 is 2.67 bits per heavy atom. The van der Waals surface area contributed by atoms with E-state index in [0.717, 1.165) is 32.1 Å². The van der Waals surface area contributed by atoms with Gasteiger partial charge in [0.25, 0.3) is 0 Å². The number of hydrogen-bond acceptors (Lipinski definition) is 3. The molecule has 1 aliphatic carbocycles. The SMILES string of the molecule is CC1CCCC(CO)(NC(=O)CCC(CCN)C(C)C)C1. The average molecular weight is 298 g/mol. The maximum Gasteiger partial charge on any atom is 0.220 e. The summed E-state index contributed by atoms with van der Waals surface area (Å²) < 4.78 is 0. The van der Waals surface area contributed by atoms with Crippen molar-refractivity contribution >= 4 is 5.91 Å². The van der Waals surface area contributed by atoms with Crippen LogP contribution in [0.25, 0.3) is 0 Å². The van der Waals surface area contributed by atoms with Gasteiger partial charge in [0.1, 0.15) is 0 Å². The van der Waals surface area contributed by atoms with Crippen molar-refractivity contribution in [3.63, 3.8) is 0 Å². The van der Waals surface area contributed by atoms with Crippen molar-refractivity contribution in [3.8, 4) is 0 Å². The summed E-state index contributed by atoms with van der Waals surface area (Å²) in [6.07, 6.45) is 6.48. The van der Waals surface area contributed by atoms with Gasteiger partial charge in [0.15, 0.2) is 0 Å². The standard InChI is InChI=1S/C17H34N2O2/c1-13(2)15(8-10-18)6-7-16(21)19-17(12-20)9-4-5-14(3)11-17/h13-15,20H,4-12,18H2,1-3H3,(H,19,21). The smallest absolute Gasteiger partial charge is 0.220 e. The highest BCUT2D eigenvalue weighted by atomic mass is 16.3. The quantitative estimate of drug-likeness (QED) is 0.644. The van der Waals surface area contributed by atoms with Crippen LogP contribution in [0.3, 0.4) is 0 Å². The summed E-state index contributed by atoms with van der Waals surface area (Å²) in [6, 6.07) is 0. The molecule has 0 spiro atoms. The van der Waals surface area contributed by atoms with Gasteiger partial charge in [-0.15, -0.1) is 0 Å². The molecule has 0 saturated heterocycles. The van der Waals surface area contributed by atoms with Crippen LogP contribution in [0, 0.1) is 17.8 Å². The largest absolute Gasteiger partial charge is 0.394 e. The van der Waals surface area contributed by atoms with E-state index in [1.54, 1.807) is 0 Å². The highest BCUT2D eigenvalue weighted by Gasteiger charge is 2.35. The van der Waals surface area contributed by atoms with Crippen molar-refractivity contribution in [1.82, 2.24) is 5.32 Å². The predicted octanol–water partition coefficient (Wildman–Crippen LogP) is 2.45. The summed E-state index contributed by atoms with van der Waals surface area (Å²) in [5, 5.41) is 12.9. The van der Waals surface area contributed by atoms with Gasteiger partial charge >= 0.3 is 0 Å². The van der Waals surface area contributed by atoms with E-state index >= 15 is 0 Å². The molecule has 0 heterocycles. The fourth-order valence-electron chi connectivity index (χ4n) is 3.66. The van der Waals surface area contributed by atoms with E-state index in [0.29, 0.717) is 30.7 Å². The van der Waals surface area contributed by atoms with Gasteiger partial charge in [0.05, 0.1) is 12.1 Å². The minimum absolute atomic E-state index is 0.0550. The third kappa shape index (κ3) is 5.95. The lowest BCUT2D eigenvalue weighted by molar-refractivity contribution is -0.124. The van der Waals surface area contributed by atoms with Crippen molar-refractivity contribution in [3.05, 3.63) is 0 Å². The molecule has 4 heteroatoms. The lowest BCUT2D eigenvalue weighted by Gasteiger charge is -2.39. The van der Waals surface area contributed by atoms with Crippen LogP contribution in [0.4, 0.5) is 0 Å². The van der Waals surface area contributed by atoms with Crippen molar-refractivity contribution in [2.75, 3.05) is 13.2 Å². The topological polar surface area (TPSA) is 75.3 Å². The number of amides is 1. The number of nitrogens with one attached hydrogen (secondary N) is 1. The van der Waals surface area contributed by atoms with Gasteiger partial charge in [-0.1, -0.05) is 33.6 Å². The molecule has 3 unspecified atom stereocenters. The van der Waals surface area contributed by atoms with Crippen molar-refractivity contribution in [2.24, 2.45) is 23.5 Å². The van der Waals surface area contributed by atoms with E-state index in [1.165, 1.54) is 6.42 Å². The molecule has 4 nitrogen and oxygen atoms in total. The summed E-state index contributed by atoms with van der Waals surface area (Å²) in [5.74, 6) is 1.73. The van der Waals surface area contributed by atoms with Gasteiger partial charge in [0.2, 0.25) is 5.91 Å². The van der Waals surface area contributed by atoms with Crippen LogP contribution in [0.15, 0.2) is 0 Å². The zero-order chi connectivity index (χ0) is 15.9. The highest BCUT2D eigenvalue weighted by molar-refractivity contribution is 5.76. The zero-order valence-electron chi connectivity index (χ0n) is 14.0. The molecule has 4 N–H and O–H groups in total. The van der Waals surface area contributed by atoms with Gasteiger partial charge in [-0.3, -0.25) is 4.79 Å². The van der Waals surface area contributed by atoms with Crippen LogP contribution >= 0.6 is 0 Å². The Kier molecular flexibility index (Phi) is 7.67. The fraction of sp³-hybridized carbons (Fsp3) is 0.941. The summed E-state index contributed by atoms with van der Waals surface area (Å²) in [7, 11) is 0. The first-order valence-corrected chi connectivity index (χ1v) is 8.54. The van der Waals surface area contributed by atoms with Gasteiger partial charge in [0, 0.05) is 6.42 Å².